The van der Waals surface area contributed by atoms with Crippen LogP contribution in [-0.2, 0) is 9.47 Å². The predicted octanol–water partition coefficient (Wildman–Crippen LogP) is 5.21. The molecule has 33 heavy (non-hydrogen) atoms. The van der Waals surface area contributed by atoms with Gasteiger partial charge in [-0.25, -0.2) is 14.6 Å². The highest BCUT2D eigenvalue weighted by molar-refractivity contribution is 9.10. The molecule has 4 aromatic rings. The van der Waals surface area contributed by atoms with Gasteiger partial charge in [-0.05, 0) is 59.7 Å². The summed E-state index contributed by atoms with van der Waals surface area (Å²) in [5.41, 5.74) is 4.65. The lowest BCUT2D eigenvalue weighted by Gasteiger charge is -2.11. The van der Waals surface area contributed by atoms with E-state index in [0.29, 0.717) is 33.9 Å². The fourth-order valence-corrected chi connectivity index (χ4v) is 3.50. The second-order valence-corrected chi connectivity index (χ2v) is 7.89. The molecule has 0 amide bonds. The highest BCUT2D eigenvalue weighted by atomic mass is 79.9. The molecule has 4 rings (SSSR count). The van der Waals surface area contributed by atoms with Crippen molar-refractivity contribution in [3.8, 4) is 33.9 Å². The van der Waals surface area contributed by atoms with Gasteiger partial charge >= 0.3 is 11.9 Å². The molecule has 0 fully saturated rings. The molecule has 8 heteroatoms. The van der Waals surface area contributed by atoms with Gasteiger partial charge in [-0.1, -0.05) is 28.1 Å². The Hall–Kier alpha value is -3.91. The van der Waals surface area contributed by atoms with E-state index in [2.05, 4.69) is 25.9 Å². The summed E-state index contributed by atoms with van der Waals surface area (Å²) in [5, 5.41) is 0. The van der Waals surface area contributed by atoms with E-state index in [-0.39, 0.29) is 0 Å². The fourth-order valence-electron chi connectivity index (χ4n) is 3.23. The van der Waals surface area contributed by atoms with Gasteiger partial charge in [-0.2, -0.15) is 0 Å². The molecular weight excluding hydrogens is 486 g/mol. The Morgan fingerprint density at radius 3 is 1.61 bits per heavy atom. The summed E-state index contributed by atoms with van der Waals surface area (Å²) in [5.74, 6) is -0.925. The summed E-state index contributed by atoms with van der Waals surface area (Å²) in [7, 11) is 2.65. The van der Waals surface area contributed by atoms with Crippen LogP contribution in [0.1, 0.15) is 20.7 Å². The zero-order valence-electron chi connectivity index (χ0n) is 17.8. The number of nitrogens with zero attached hydrogens (tertiary/aromatic N) is 3. The van der Waals surface area contributed by atoms with Crippen LogP contribution in [0, 0.1) is 0 Å². The number of aromatic nitrogens is 3. The van der Waals surface area contributed by atoms with Crippen molar-refractivity contribution in [2.45, 2.75) is 0 Å². The second kappa shape index (κ2) is 9.70. The first-order valence-electron chi connectivity index (χ1n) is 9.86. The summed E-state index contributed by atoms with van der Waals surface area (Å²) < 4.78 is 10.6. The molecule has 164 valence electrons. The number of hydrogen-bond acceptors (Lipinski definition) is 7. The van der Waals surface area contributed by atoms with Crippen molar-refractivity contribution >= 4 is 27.9 Å². The minimum Gasteiger partial charge on any atom is -0.465 e. The Bertz CT molecular complexity index is 1260. The van der Waals surface area contributed by atoms with E-state index in [0.717, 1.165) is 15.6 Å². The monoisotopic (exact) mass is 503 g/mol. The third-order valence-electron chi connectivity index (χ3n) is 4.89. The smallest absolute Gasteiger partial charge is 0.337 e. The van der Waals surface area contributed by atoms with Crippen molar-refractivity contribution in [3.05, 3.63) is 88.7 Å². The van der Waals surface area contributed by atoms with Crippen LogP contribution in [-0.4, -0.2) is 41.1 Å². The van der Waals surface area contributed by atoms with Crippen molar-refractivity contribution < 1.29 is 19.1 Å². The minimum absolute atomic E-state index is 0.366. The van der Waals surface area contributed by atoms with Crippen molar-refractivity contribution in [2.75, 3.05) is 14.2 Å². The van der Waals surface area contributed by atoms with Crippen molar-refractivity contribution in [1.29, 1.82) is 0 Å². The van der Waals surface area contributed by atoms with Gasteiger partial charge in [-0.15, -0.1) is 0 Å². The maximum Gasteiger partial charge on any atom is 0.337 e. The zero-order valence-corrected chi connectivity index (χ0v) is 19.4. The molecule has 0 spiro atoms. The van der Waals surface area contributed by atoms with E-state index in [9.17, 15) is 9.59 Å². The molecule has 0 atom stereocenters. The van der Waals surface area contributed by atoms with Crippen LogP contribution >= 0.6 is 15.9 Å². The number of benzene rings is 1. The lowest BCUT2D eigenvalue weighted by molar-refractivity contribution is 0.0592. The molecule has 0 N–H and O–H groups in total. The van der Waals surface area contributed by atoms with E-state index in [1.165, 1.54) is 26.6 Å². The summed E-state index contributed by atoms with van der Waals surface area (Å²) >= 11 is 3.46. The number of rotatable bonds is 5. The molecular formula is C25H18BrN3O4. The Kier molecular flexibility index (Phi) is 6.55. The van der Waals surface area contributed by atoms with E-state index in [1.807, 2.05) is 36.4 Å². The van der Waals surface area contributed by atoms with Crippen LogP contribution in [0.15, 0.2) is 77.5 Å². The standard InChI is InChI=1S/C25H18BrN3O4/c1-32-24(30)16-7-9-27-20(11-16)22-13-18(15-3-5-19(26)6-4-15)14-23(29-22)21-12-17(8-10-28-21)25(31)33-2/h3-14H,1-2H3. The van der Waals surface area contributed by atoms with Crippen LogP contribution in [0.25, 0.3) is 33.9 Å². The van der Waals surface area contributed by atoms with E-state index in [4.69, 9.17) is 14.5 Å². The maximum absolute atomic E-state index is 12.0. The summed E-state index contributed by atoms with van der Waals surface area (Å²) in [6, 6.07) is 18.0. The molecule has 3 heterocycles. The summed E-state index contributed by atoms with van der Waals surface area (Å²) in [4.78, 5) is 37.5. The van der Waals surface area contributed by atoms with Gasteiger partial charge in [-0.3, -0.25) is 9.97 Å². The lowest BCUT2D eigenvalue weighted by atomic mass is 10.0. The Balaban J connectivity index is 1.89. The Morgan fingerprint density at radius 2 is 1.15 bits per heavy atom. The topological polar surface area (TPSA) is 91.3 Å². The number of carbonyl (C=O) groups excluding carboxylic acids is 2. The third-order valence-corrected chi connectivity index (χ3v) is 5.42. The van der Waals surface area contributed by atoms with Crippen molar-refractivity contribution in [1.82, 2.24) is 15.0 Å². The van der Waals surface area contributed by atoms with Gasteiger partial charge in [0.2, 0.25) is 0 Å². The fraction of sp³-hybridized carbons (Fsp3) is 0.0800. The van der Waals surface area contributed by atoms with Crippen molar-refractivity contribution in [2.24, 2.45) is 0 Å². The first kappa shape index (κ1) is 22.3. The van der Waals surface area contributed by atoms with Crippen LogP contribution in [0.4, 0.5) is 0 Å². The van der Waals surface area contributed by atoms with E-state index < -0.39 is 11.9 Å². The zero-order chi connectivity index (χ0) is 23.4. The van der Waals surface area contributed by atoms with Crippen LogP contribution in [0.3, 0.4) is 0 Å². The molecule has 7 nitrogen and oxygen atoms in total. The van der Waals surface area contributed by atoms with E-state index >= 15 is 0 Å². The number of carbonyl (C=O) groups is 2. The van der Waals surface area contributed by atoms with Gasteiger partial charge in [0.25, 0.3) is 0 Å². The number of methoxy groups -OCH3 is 2. The van der Waals surface area contributed by atoms with Gasteiger partial charge in [0, 0.05) is 16.9 Å². The van der Waals surface area contributed by atoms with Crippen LogP contribution in [0.5, 0.6) is 0 Å². The highest BCUT2D eigenvalue weighted by Crippen LogP contribution is 2.30. The average Bonchev–Trinajstić information content (AvgIpc) is 2.88. The largest absolute Gasteiger partial charge is 0.465 e. The minimum atomic E-state index is -0.463. The normalized spacial score (nSPS) is 10.5. The second-order valence-electron chi connectivity index (χ2n) is 6.98. The first-order valence-corrected chi connectivity index (χ1v) is 10.7. The average molecular weight is 504 g/mol. The number of pyridine rings is 3. The molecule has 0 saturated carbocycles. The van der Waals surface area contributed by atoms with Gasteiger partial charge in [0.15, 0.2) is 0 Å². The van der Waals surface area contributed by atoms with Crippen LogP contribution < -0.4 is 0 Å². The Labute approximate surface area is 198 Å². The summed E-state index contributed by atoms with van der Waals surface area (Å²) in [6.07, 6.45) is 3.07. The Morgan fingerprint density at radius 1 is 0.667 bits per heavy atom. The molecule has 0 unspecified atom stereocenters. The molecule has 3 aromatic heterocycles. The van der Waals surface area contributed by atoms with Gasteiger partial charge < -0.3 is 9.47 Å². The molecule has 0 saturated heterocycles. The molecule has 0 aliphatic carbocycles. The molecule has 1 aromatic carbocycles. The first-order chi connectivity index (χ1) is 16.0. The molecule has 0 aliphatic rings. The highest BCUT2D eigenvalue weighted by Gasteiger charge is 2.15. The SMILES string of the molecule is COC(=O)c1ccnc(-c2cc(-c3ccc(Br)cc3)cc(-c3cc(C(=O)OC)ccn3)n2)c1. The van der Waals surface area contributed by atoms with Gasteiger partial charge in [0.05, 0.1) is 48.1 Å². The third kappa shape index (κ3) is 4.96. The van der Waals surface area contributed by atoms with E-state index in [1.54, 1.807) is 24.3 Å². The molecule has 0 aliphatic heterocycles. The number of halogens is 1. The number of ether oxygens (including phenoxy) is 2. The van der Waals surface area contributed by atoms with Gasteiger partial charge in [0.1, 0.15) is 0 Å². The quantitative estimate of drug-likeness (QED) is 0.345. The molecule has 0 radical (unpaired) electrons. The number of esters is 2. The van der Waals surface area contributed by atoms with Crippen molar-refractivity contribution in [3.63, 3.8) is 0 Å². The predicted molar refractivity (Wildman–Crippen MR) is 127 cm³/mol. The maximum atomic E-state index is 12.0. The molecule has 0 bridgehead atoms. The summed E-state index contributed by atoms with van der Waals surface area (Å²) in [6.45, 7) is 0. The van der Waals surface area contributed by atoms with Crippen LogP contribution in [0.2, 0.25) is 0 Å². The number of hydrogen-bond donors (Lipinski definition) is 0. The lowest BCUT2D eigenvalue weighted by Crippen LogP contribution is -2.03.